The molecular weight excluding hydrogens is 1010 g/mol. The lowest BCUT2D eigenvalue weighted by Gasteiger charge is -2.46. The highest BCUT2D eigenvalue weighted by atomic mass is 32.2. The molecule has 9 rings (SSSR count). The number of carbonyl (C=O) groups is 4. The minimum Gasteiger partial charge on any atom is -0.369 e. The molecule has 1 unspecified atom stereocenters. The molecule has 0 bridgehead atoms. The molecule has 3 aliphatic heterocycles. The first-order chi connectivity index (χ1) is 36.1. The van der Waals surface area contributed by atoms with Crippen LogP contribution in [-0.2, 0) is 57.9 Å². The maximum atomic E-state index is 15.3. The highest BCUT2D eigenvalue weighted by Gasteiger charge is 2.49. The Morgan fingerprint density at radius 1 is 0.974 bits per heavy atom. The number of nitrogens with zero attached hydrogens (tertiary/aromatic N) is 9. The highest BCUT2D eigenvalue weighted by molar-refractivity contribution is 7.92. The van der Waals surface area contributed by atoms with Gasteiger partial charge in [-0.2, -0.15) is 18.4 Å². The molecule has 4 amide bonds. The second-order valence-corrected chi connectivity index (χ2v) is 22.0. The fraction of sp³-hybridized carbons (Fsp3) is 0.385. The number of alkyl halides is 3. The molecule has 0 radical (unpaired) electrons. The summed E-state index contributed by atoms with van der Waals surface area (Å²) in [7, 11) is -2.77. The molecule has 5 heterocycles. The number of hydrogen-bond donors (Lipinski definition) is 3. The van der Waals surface area contributed by atoms with Crippen molar-refractivity contribution in [3.05, 3.63) is 140 Å². The van der Waals surface area contributed by atoms with Gasteiger partial charge >= 0.3 is 6.18 Å². The third-order valence-corrected chi connectivity index (χ3v) is 16.1. The van der Waals surface area contributed by atoms with Crippen LogP contribution in [0.3, 0.4) is 0 Å². The third-order valence-electron chi connectivity index (χ3n) is 14.6. The number of nitrogens with one attached hydrogen (secondary N) is 3. The Bertz CT molecular complexity index is 3330. The number of pyridine rings is 1. The Labute approximate surface area is 435 Å². The van der Waals surface area contributed by atoms with Gasteiger partial charge in [-0.05, 0) is 91.3 Å². The van der Waals surface area contributed by atoms with E-state index in [1.165, 1.54) is 17.0 Å². The standard InChI is InChI=1S/C52H53F3N12O8S/c1-32-6-4-19-67(28-32,29-34-7-10-38(11-8-34)62-76(74,75)43-12-9-36(22-42(43)66(72)73)48(70)58-17-18-64-46(68)13-14-47(64)69)30-35-20-39-40(41(21-35)52(53,54)55)27-65(49(39)71)45-24-37(23-44(60-45)57-16-5-15-56)51(25-33(2)26-51)50-61-59-31-63(50)3/h7-14,20-24,31-33,62H,4-6,16-19,25-30H2,1-3H3,(H-,57,58,60,70)/p+1/t32-,33-,51+,67?/m0/s1. The monoisotopic (exact) mass is 1060 g/mol. The van der Waals surface area contributed by atoms with E-state index in [2.05, 4.69) is 45.5 Å². The Hall–Kier alpha value is -8.04. The van der Waals surface area contributed by atoms with Gasteiger partial charge in [0.05, 0.1) is 48.0 Å². The van der Waals surface area contributed by atoms with E-state index in [4.69, 9.17) is 4.98 Å². The summed E-state index contributed by atoms with van der Waals surface area (Å²) >= 11 is 0. The van der Waals surface area contributed by atoms with Crippen molar-refractivity contribution in [3.63, 3.8) is 0 Å². The molecule has 2 fully saturated rings. The largest absolute Gasteiger partial charge is 0.416 e. The van der Waals surface area contributed by atoms with Gasteiger partial charge in [0.25, 0.3) is 39.3 Å². The van der Waals surface area contributed by atoms with E-state index in [9.17, 15) is 43.0 Å². The Morgan fingerprint density at radius 2 is 1.70 bits per heavy atom. The lowest BCUT2D eigenvalue weighted by atomic mass is 9.58. The molecule has 396 valence electrons. The topological polar surface area (TPSA) is 256 Å². The summed E-state index contributed by atoms with van der Waals surface area (Å²) < 4.78 is 77.6. The van der Waals surface area contributed by atoms with E-state index in [1.807, 2.05) is 17.7 Å². The number of anilines is 3. The van der Waals surface area contributed by atoms with Gasteiger partial charge in [-0.1, -0.05) is 26.0 Å². The van der Waals surface area contributed by atoms with Crippen LogP contribution < -0.4 is 20.3 Å². The molecule has 1 aliphatic carbocycles. The van der Waals surface area contributed by atoms with Crippen molar-refractivity contribution in [3.8, 4) is 6.07 Å². The fourth-order valence-electron chi connectivity index (χ4n) is 11.3. The van der Waals surface area contributed by atoms with Crippen LogP contribution in [0.15, 0.2) is 90.1 Å². The van der Waals surface area contributed by atoms with E-state index >= 15 is 13.2 Å². The number of sulfonamides is 1. The molecular formula is C52H54F3N12O8S+. The number of aromatic nitrogens is 4. The first kappa shape index (κ1) is 52.8. The number of nitriles is 1. The summed E-state index contributed by atoms with van der Waals surface area (Å²) in [5.41, 5.74) is -0.969. The minimum absolute atomic E-state index is 0.0617. The van der Waals surface area contributed by atoms with E-state index in [0.29, 0.717) is 60.1 Å². The number of nitro benzene ring substituents is 1. The van der Waals surface area contributed by atoms with Crippen LogP contribution in [0.1, 0.15) is 100 Å². The van der Waals surface area contributed by atoms with Crippen LogP contribution in [0.4, 0.5) is 36.2 Å². The minimum atomic E-state index is -4.81. The van der Waals surface area contributed by atoms with Crippen molar-refractivity contribution in [1.29, 1.82) is 5.26 Å². The number of amides is 4. The van der Waals surface area contributed by atoms with Crippen LogP contribution in [0, 0.1) is 33.3 Å². The highest BCUT2D eigenvalue weighted by Crippen LogP contribution is 2.52. The number of fused-ring (bicyclic) bond motifs is 1. The second-order valence-electron chi connectivity index (χ2n) is 20.3. The number of benzene rings is 3. The van der Waals surface area contributed by atoms with Gasteiger partial charge in [0.2, 0.25) is 0 Å². The maximum Gasteiger partial charge on any atom is 0.416 e. The van der Waals surface area contributed by atoms with Crippen molar-refractivity contribution in [2.24, 2.45) is 18.9 Å². The van der Waals surface area contributed by atoms with Gasteiger partial charge in [-0.3, -0.25) is 43.8 Å². The molecule has 24 heteroatoms. The number of imide groups is 1. The molecule has 1 saturated carbocycles. The van der Waals surface area contributed by atoms with Gasteiger partial charge in [0, 0.05) is 78.8 Å². The summed E-state index contributed by atoms with van der Waals surface area (Å²) in [6, 6.07) is 17.5. The van der Waals surface area contributed by atoms with Gasteiger partial charge < -0.3 is 19.7 Å². The number of nitro groups is 1. The van der Waals surface area contributed by atoms with Crippen molar-refractivity contribution >= 4 is 56.7 Å². The molecule has 3 aromatic carbocycles. The molecule has 4 aliphatic rings. The predicted octanol–water partition coefficient (Wildman–Crippen LogP) is 6.74. The normalized spacial score (nSPS) is 21.3. The van der Waals surface area contributed by atoms with E-state index in [-0.39, 0.29) is 73.3 Å². The Balaban J connectivity index is 0.950. The maximum absolute atomic E-state index is 15.3. The second kappa shape index (κ2) is 20.6. The zero-order chi connectivity index (χ0) is 54.3. The van der Waals surface area contributed by atoms with Crippen molar-refractivity contribution in [1.82, 2.24) is 30.0 Å². The zero-order valence-electron chi connectivity index (χ0n) is 41.8. The summed E-state index contributed by atoms with van der Waals surface area (Å²) in [6.07, 6.45) is 2.23. The van der Waals surface area contributed by atoms with E-state index in [0.717, 1.165) is 65.3 Å². The Kier molecular flexibility index (Phi) is 14.3. The first-order valence-electron chi connectivity index (χ1n) is 24.7. The van der Waals surface area contributed by atoms with Crippen LogP contribution in [0.25, 0.3) is 0 Å². The molecule has 3 N–H and O–H groups in total. The summed E-state index contributed by atoms with van der Waals surface area (Å²) in [6.45, 7) is 5.45. The van der Waals surface area contributed by atoms with Gasteiger partial charge in [-0.15, -0.1) is 10.2 Å². The molecule has 2 aromatic heterocycles. The summed E-state index contributed by atoms with van der Waals surface area (Å²) in [4.78, 5) is 68.5. The number of piperidine rings is 1. The molecule has 1 saturated heterocycles. The average molecular weight is 1060 g/mol. The lowest BCUT2D eigenvalue weighted by Crippen LogP contribution is -2.52. The molecule has 5 aromatic rings. The van der Waals surface area contributed by atoms with Crippen LogP contribution in [-0.4, -0.2) is 98.8 Å². The average Bonchev–Trinajstić information content (AvgIpc) is 4.06. The van der Waals surface area contributed by atoms with Crippen LogP contribution in [0.2, 0.25) is 0 Å². The fourth-order valence-corrected chi connectivity index (χ4v) is 12.6. The molecule has 76 heavy (non-hydrogen) atoms. The number of carbonyl (C=O) groups excluding carboxylic acids is 4. The molecule has 2 atom stereocenters. The van der Waals surface area contributed by atoms with Gasteiger partial charge in [0.1, 0.15) is 36.9 Å². The first-order valence-corrected chi connectivity index (χ1v) is 26.2. The number of aryl methyl sites for hydroxylation is 1. The SMILES string of the molecule is C[C@H]1CCC[N+](Cc2ccc(NS(=O)(=O)c3ccc(C(=O)NCCN4C(=O)C=CC4=O)cc3[N+](=O)[O-])cc2)(Cc2cc3c(c(C(F)(F)F)c2)CN(c2cc([C@]4(c5nncn5C)C[C@@H](C)C4)cc(NCCC#N)n2)C3=O)C1. The van der Waals surface area contributed by atoms with Crippen LogP contribution in [0.5, 0.6) is 0 Å². The number of quaternary nitrogens is 1. The van der Waals surface area contributed by atoms with E-state index in [1.54, 1.807) is 30.6 Å². The van der Waals surface area contributed by atoms with Crippen molar-refractivity contribution < 1.29 is 50.2 Å². The van der Waals surface area contributed by atoms with Crippen molar-refractivity contribution in [2.75, 3.05) is 47.7 Å². The zero-order valence-corrected chi connectivity index (χ0v) is 42.6. The van der Waals surface area contributed by atoms with Crippen LogP contribution >= 0.6 is 0 Å². The predicted molar refractivity (Wildman–Crippen MR) is 269 cm³/mol. The smallest absolute Gasteiger partial charge is 0.369 e. The quantitative estimate of drug-likeness (QED) is 0.0271. The van der Waals surface area contributed by atoms with Gasteiger partial charge in [-0.25, -0.2) is 13.4 Å². The van der Waals surface area contributed by atoms with Crippen molar-refractivity contribution in [2.45, 2.75) is 82.1 Å². The number of rotatable bonds is 18. The number of hydrogen-bond acceptors (Lipinski definition) is 13. The van der Waals surface area contributed by atoms with E-state index < -0.39 is 66.3 Å². The lowest BCUT2D eigenvalue weighted by molar-refractivity contribution is -0.960. The number of halogens is 3. The summed E-state index contributed by atoms with van der Waals surface area (Å²) in [5, 5.41) is 35.6. The van der Waals surface area contributed by atoms with Gasteiger partial charge in [0.15, 0.2) is 4.90 Å². The summed E-state index contributed by atoms with van der Waals surface area (Å²) in [5.74, 6) is -0.783. The molecule has 20 nitrogen and oxygen atoms in total. The molecule has 0 spiro atoms. The Morgan fingerprint density at radius 3 is 2.34 bits per heavy atom. The third kappa shape index (κ3) is 10.6. The number of likely N-dealkylation sites (tertiary alicyclic amines) is 1.